The lowest BCUT2D eigenvalue weighted by Crippen LogP contribution is -2.33. The largest absolute Gasteiger partial charge is 0.297 e. The van der Waals surface area contributed by atoms with Crippen molar-refractivity contribution in [1.82, 2.24) is 34.9 Å². The Morgan fingerprint density at radius 1 is 1.08 bits per heavy atom. The van der Waals surface area contributed by atoms with Gasteiger partial charge in [0.15, 0.2) is 11.5 Å². The van der Waals surface area contributed by atoms with Crippen molar-refractivity contribution in [2.24, 2.45) is 0 Å². The molecule has 0 atom stereocenters. The molecule has 1 saturated heterocycles. The highest BCUT2D eigenvalue weighted by molar-refractivity contribution is 5.43. The molecule has 0 saturated carbocycles. The molecule has 128 valence electrons. The zero-order valence-corrected chi connectivity index (χ0v) is 14.2. The summed E-state index contributed by atoms with van der Waals surface area (Å²) >= 11 is 0. The van der Waals surface area contributed by atoms with Gasteiger partial charge in [-0.3, -0.25) is 4.90 Å². The Hall–Kier alpha value is -2.41. The molecule has 0 N–H and O–H groups in total. The molecule has 3 aromatic rings. The minimum Gasteiger partial charge on any atom is -0.297 e. The van der Waals surface area contributed by atoms with Crippen LogP contribution in [0.5, 0.6) is 0 Å². The summed E-state index contributed by atoms with van der Waals surface area (Å²) in [6.07, 6.45) is 7.30. The van der Waals surface area contributed by atoms with Gasteiger partial charge in [-0.2, -0.15) is 19.8 Å². The van der Waals surface area contributed by atoms with E-state index in [4.69, 9.17) is 5.10 Å². The average Bonchev–Trinajstić information content (AvgIpc) is 3.27. The fourth-order valence-corrected chi connectivity index (χ4v) is 4.05. The summed E-state index contributed by atoms with van der Waals surface area (Å²) < 4.78 is 1.99. The zero-order valence-electron chi connectivity index (χ0n) is 14.2. The molecule has 7 nitrogen and oxygen atoms in total. The molecule has 0 radical (unpaired) electrons. The maximum Gasteiger partial charge on any atom is 0.178 e. The molecule has 0 aromatic carbocycles. The molecule has 1 aliphatic heterocycles. The molecule has 3 aromatic heterocycles. The van der Waals surface area contributed by atoms with E-state index in [9.17, 15) is 0 Å². The van der Waals surface area contributed by atoms with Crippen LogP contribution in [-0.2, 0) is 19.4 Å². The van der Waals surface area contributed by atoms with Crippen LogP contribution in [0.3, 0.4) is 0 Å². The lowest BCUT2D eigenvalue weighted by atomic mass is 9.96. The van der Waals surface area contributed by atoms with E-state index in [1.807, 2.05) is 16.6 Å². The fourth-order valence-electron chi connectivity index (χ4n) is 4.05. The molecule has 0 unspecified atom stereocenters. The van der Waals surface area contributed by atoms with E-state index in [0.717, 1.165) is 62.5 Å². The number of hydrogen-bond acceptors (Lipinski definition) is 6. The zero-order chi connectivity index (χ0) is 16.6. The number of hydrogen-bond donors (Lipinski definition) is 0. The molecule has 1 aliphatic carbocycles. The third-order valence-corrected chi connectivity index (χ3v) is 5.41. The average molecular weight is 335 g/mol. The van der Waals surface area contributed by atoms with E-state index in [-0.39, 0.29) is 0 Å². The monoisotopic (exact) mass is 335 g/mol. The van der Waals surface area contributed by atoms with Gasteiger partial charge in [0.25, 0.3) is 0 Å². The van der Waals surface area contributed by atoms with Crippen LogP contribution in [0, 0.1) is 0 Å². The predicted molar refractivity (Wildman–Crippen MR) is 92.1 cm³/mol. The van der Waals surface area contributed by atoms with Gasteiger partial charge < -0.3 is 0 Å². The smallest absolute Gasteiger partial charge is 0.178 e. The lowest BCUT2D eigenvalue weighted by Gasteiger charge is -2.30. The summed E-state index contributed by atoms with van der Waals surface area (Å²) in [7, 11) is 0. The SMILES string of the molecule is c1cnnc(CN2CCC(c3nnc4cc5c(nn34)CCC5)CC2)c1. The Bertz CT molecular complexity index is 881. The predicted octanol–water partition coefficient (Wildman–Crippen LogP) is 1.78. The van der Waals surface area contributed by atoms with Gasteiger partial charge in [0, 0.05) is 18.7 Å². The van der Waals surface area contributed by atoms with E-state index >= 15 is 0 Å². The number of nitrogens with zero attached hydrogens (tertiary/aromatic N) is 7. The summed E-state index contributed by atoms with van der Waals surface area (Å²) in [5, 5.41) is 21.8. The van der Waals surface area contributed by atoms with Gasteiger partial charge in [-0.1, -0.05) is 0 Å². The molecular formula is C18H21N7. The highest BCUT2D eigenvalue weighted by Gasteiger charge is 2.26. The molecule has 0 spiro atoms. The van der Waals surface area contributed by atoms with E-state index < -0.39 is 0 Å². The second kappa shape index (κ2) is 6.15. The van der Waals surface area contributed by atoms with Gasteiger partial charge in [-0.15, -0.1) is 10.2 Å². The number of fused-ring (bicyclic) bond motifs is 2. The summed E-state index contributed by atoms with van der Waals surface area (Å²) in [6, 6.07) is 6.16. The van der Waals surface area contributed by atoms with E-state index in [1.165, 1.54) is 17.7 Å². The molecule has 25 heavy (non-hydrogen) atoms. The number of aryl methyl sites for hydroxylation is 2. The van der Waals surface area contributed by atoms with Crippen LogP contribution in [0.25, 0.3) is 5.65 Å². The third-order valence-electron chi connectivity index (χ3n) is 5.41. The Labute approximate surface area is 146 Å². The molecule has 1 fully saturated rings. The van der Waals surface area contributed by atoms with Crippen molar-refractivity contribution in [2.45, 2.75) is 44.6 Å². The highest BCUT2D eigenvalue weighted by atomic mass is 15.4. The van der Waals surface area contributed by atoms with Crippen molar-refractivity contribution < 1.29 is 0 Å². The van der Waals surface area contributed by atoms with Crippen molar-refractivity contribution in [2.75, 3.05) is 13.1 Å². The number of likely N-dealkylation sites (tertiary alicyclic amines) is 1. The number of piperidine rings is 1. The van der Waals surface area contributed by atoms with Crippen LogP contribution in [0.2, 0.25) is 0 Å². The fraction of sp³-hybridized carbons (Fsp3) is 0.500. The molecule has 0 bridgehead atoms. The quantitative estimate of drug-likeness (QED) is 0.726. The van der Waals surface area contributed by atoms with Gasteiger partial charge in [-0.05, 0) is 69.0 Å². The van der Waals surface area contributed by atoms with Gasteiger partial charge in [-0.25, -0.2) is 0 Å². The molecule has 4 heterocycles. The lowest BCUT2D eigenvalue weighted by molar-refractivity contribution is 0.198. The van der Waals surface area contributed by atoms with Crippen molar-refractivity contribution in [3.05, 3.63) is 47.2 Å². The Balaban J connectivity index is 1.32. The standard InChI is InChI=1S/C18H21N7/c1-3-14-11-17-21-22-18(25(17)23-16(14)5-1)13-6-9-24(10-7-13)12-15-4-2-8-19-20-15/h2,4,8,11,13H,1,3,5-7,9-10,12H2. The second-order valence-corrected chi connectivity index (χ2v) is 7.06. The van der Waals surface area contributed by atoms with Crippen molar-refractivity contribution in [3.8, 4) is 0 Å². The Kier molecular flexibility index (Phi) is 3.66. The van der Waals surface area contributed by atoms with Crippen molar-refractivity contribution >= 4 is 5.65 Å². The van der Waals surface area contributed by atoms with Gasteiger partial charge in [0.2, 0.25) is 0 Å². The summed E-state index contributed by atoms with van der Waals surface area (Å²) in [4.78, 5) is 2.44. The molecule has 7 heteroatoms. The van der Waals surface area contributed by atoms with E-state index in [2.05, 4.69) is 31.4 Å². The van der Waals surface area contributed by atoms with Crippen LogP contribution in [0.15, 0.2) is 24.4 Å². The van der Waals surface area contributed by atoms with Crippen LogP contribution in [0.1, 0.15) is 48.0 Å². The molecular weight excluding hydrogens is 314 g/mol. The first-order valence-electron chi connectivity index (χ1n) is 9.10. The molecule has 5 rings (SSSR count). The van der Waals surface area contributed by atoms with Crippen LogP contribution in [0.4, 0.5) is 0 Å². The third kappa shape index (κ3) is 2.78. The van der Waals surface area contributed by atoms with Crippen LogP contribution in [-0.4, -0.2) is 48.0 Å². The Morgan fingerprint density at radius 2 is 2.00 bits per heavy atom. The molecule has 2 aliphatic rings. The van der Waals surface area contributed by atoms with Crippen LogP contribution < -0.4 is 0 Å². The van der Waals surface area contributed by atoms with E-state index in [0.29, 0.717) is 5.92 Å². The van der Waals surface area contributed by atoms with E-state index in [1.54, 1.807) is 6.20 Å². The van der Waals surface area contributed by atoms with Gasteiger partial charge in [0.1, 0.15) is 0 Å². The second-order valence-electron chi connectivity index (χ2n) is 7.06. The number of rotatable bonds is 3. The first-order chi connectivity index (χ1) is 12.4. The summed E-state index contributed by atoms with van der Waals surface area (Å²) in [5.41, 5.74) is 4.52. The highest BCUT2D eigenvalue weighted by Crippen LogP contribution is 2.28. The maximum absolute atomic E-state index is 4.84. The molecule has 0 amide bonds. The topological polar surface area (TPSA) is 72.1 Å². The minimum atomic E-state index is 0.431. The van der Waals surface area contributed by atoms with Crippen LogP contribution >= 0.6 is 0 Å². The first kappa shape index (κ1) is 14.9. The minimum absolute atomic E-state index is 0.431. The van der Waals surface area contributed by atoms with Gasteiger partial charge in [0.05, 0.1) is 11.4 Å². The maximum atomic E-state index is 4.84. The number of aromatic nitrogens is 6. The van der Waals surface area contributed by atoms with Crippen molar-refractivity contribution in [1.29, 1.82) is 0 Å². The summed E-state index contributed by atoms with van der Waals surface area (Å²) in [5.74, 6) is 1.46. The summed E-state index contributed by atoms with van der Waals surface area (Å²) in [6.45, 7) is 2.95. The normalized spacial score (nSPS) is 18.7. The van der Waals surface area contributed by atoms with Crippen molar-refractivity contribution in [3.63, 3.8) is 0 Å². The Morgan fingerprint density at radius 3 is 2.84 bits per heavy atom. The van der Waals surface area contributed by atoms with Gasteiger partial charge >= 0.3 is 0 Å². The first-order valence-corrected chi connectivity index (χ1v) is 9.10.